The van der Waals surface area contributed by atoms with Gasteiger partial charge in [0.2, 0.25) is 0 Å². The Hall–Kier alpha value is -1.60. The fourth-order valence-electron chi connectivity index (χ4n) is 2.82. The van der Waals surface area contributed by atoms with Crippen LogP contribution < -0.4 is 5.32 Å². The van der Waals surface area contributed by atoms with Crippen LogP contribution in [0.15, 0.2) is 18.2 Å². The lowest BCUT2D eigenvalue weighted by atomic mass is 9.80. The van der Waals surface area contributed by atoms with Crippen LogP contribution >= 0.6 is 0 Å². The molecule has 0 aromatic heterocycles. The van der Waals surface area contributed by atoms with Gasteiger partial charge in [0, 0.05) is 12.8 Å². The molecule has 1 saturated carbocycles. The summed E-state index contributed by atoms with van der Waals surface area (Å²) < 4.78 is 18.9. The van der Waals surface area contributed by atoms with E-state index in [2.05, 4.69) is 11.4 Å². The third-order valence-electron chi connectivity index (χ3n) is 3.73. The maximum Gasteiger partial charge on any atom is 0.151 e. The van der Waals surface area contributed by atoms with Gasteiger partial charge < -0.3 is 10.1 Å². The molecular formula is C15H19FN2O. The van der Waals surface area contributed by atoms with E-state index in [9.17, 15) is 9.65 Å². The Morgan fingerprint density at radius 2 is 2.21 bits per heavy atom. The molecule has 0 saturated heterocycles. The van der Waals surface area contributed by atoms with Crippen LogP contribution in [0.4, 0.5) is 10.1 Å². The van der Waals surface area contributed by atoms with Crippen molar-refractivity contribution in [3.63, 3.8) is 0 Å². The molecule has 1 aromatic rings. The van der Waals surface area contributed by atoms with Crippen LogP contribution in [0.5, 0.6) is 0 Å². The summed E-state index contributed by atoms with van der Waals surface area (Å²) in [7, 11) is 1.63. The molecule has 4 heteroatoms. The number of hydrogen-bond donors (Lipinski definition) is 1. The maximum absolute atomic E-state index is 13.4. The molecule has 0 amide bonds. The predicted octanol–water partition coefficient (Wildman–Crippen LogP) is 3.40. The lowest BCUT2D eigenvalue weighted by molar-refractivity contribution is 0.0369. The Balaban J connectivity index is 2.29. The summed E-state index contributed by atoms with van der Waals surface area (Å²) in [5.41, 5.74) is 0.719. The quantitative estimate of drug-likeness (QED) is 0.908. The van der Waals surface area contributed by atoms with Crippen molar-refractivity contribution in [2.75, 3.05) is 12.4 Å². The molecule has 19 heavy (non-hydrogen) atoms. The zero-order valence-electron chi connectivity index (χ0n) is 11.4. The van der Waals surface area contributed by atoms with Gasteiger partial charge in [0.15, 0.2) is 5.54 Å². The van der Waals surface area contributed by atoms with Crippen molar-refractivity contribution in [2.45, 2.75) is 44.2 Å². The number of nitriles is 1. The monoisotopic (exact) mass is 262 g/mol. The summed E-state index contributed by atoms with van der Waals surface area (Å²) in [5, 5.41) is 12.8. The lowest BCUT2D eigenvalue weighted by Crippen LogP contribution is -2.51. The van der Waals surface area contributed by atoms with E-state index in [4.69, 9.17) is 4.74 Å². The van der Waals surface area contributed by atoms with E-state index in [1.807, 2.05) is 13.0 Å². The number of ether oxygens (including phenoxy) is 1. The van der Waals surface area contributed by atoms with Gasteiger partial charge in [-0.3, -0.25) is 0 Å². The van der Waals surface area contributed by atoms with E-state index in [1.54, 1.807) is 7.11 Å². The first-order valence-electron chi connectivity index (χ1n) is 6.59. The van der Waals surface area contributed by atoms with Crippen LogP contribution in [0, 0.1) is 24.1 Å². The van der Waals surface area contributed by atoms with Gasteiger partial charge in [-0.2, -0.15) is 5.26 Å². The molecule has 1 aliphatic rings. The molecule has 3 nitrogen and oxygen atoms in total. The number of methoxy groups -OCH3 is 1. The van der Waals surface area contributed by atoms with E-state index in [1.165, 1.54) is 12.1 Å². The normalized spacial score (nSPS) is 26.7. The highest BCUT2D eigenvalue weighted by atomic mass is 19.1. The smallest absolute Gasteiger partial charge is 0.151 e. The minimum Gasteiger partial charge on any atom is -0.378 e. The molecule has 1 aromatic carbocycles. The van der Waals surface area contributed by atoms with Crippen molar-refractivity contribution in [1.82, 2.24) is 0 Å². The number of aryl methyl sites for hydroxylation is 1. The largest absolute Gasteiger partial charge is 0.378 e. The molecule has 0 radical (unpaired) electrons. The van der Waals surface area contributed by atoms with Crippen LogP contribution in [0.2, 0.25) is 0 Å². The second kappa shape index (κ2) is 5.58. The topological polar surface area (TPSA) is 45.0 Å². The first-order valence-corrected chi connectivity index (χ1v) is 6.59. The first-order chi connectivity index (χ1) is 9.09. The van der Waals surface area contributed by atoms with Crippen molar-refractivity contribution in [2.24, 2.45) is 0 Å². The van der Waals surface area contributed by atoms with Gasteiger partial charge in [-0.15, -0.1) is 0 Å². The highest BCUT2D eigenvalue weighted by molar-refractivity contribution is 5.50. The number of benzene rings is 1. The number of hydrogen-bond acceptors (Lipinski definition) is 3. The summed E-state index contributed by atoms with van der Waals surface area (Å²) in [6.45, 7) is 1.84. The first kappa shape index (κ1) is 13.8. The average Bonchev–Trinajstić information content (AvgIpc) is 2.38. The summed E-state index contributed by atoms with van der Waals surface area (Å²) in [5.74, 6) is -0.291. The second-order valence-electron chi connectivity index (χ2n) is 5.20. The van der Waals surface area contributed by atoms with Crippen LogP contribution in [0.3, 0.4) is 0 Å². The number of anilines is 1. The maximum atomic E-state index is 13.4. The minimum atomic E-state index is -0.757. The summed E-state index contributed by atoms with van der Waals surface area (Å²) in [4.78, 5) is 0. The molecule has 0 heterocycles. The van der Waals surface area contributed by atoms with E-state index in [-0.39, 0.29) is 11.9 Å². The molecule has 102 valence electrons. The SMILES string of the molecule is COC1CCCCC1(C#N)Nc1cc(C)cc(F)c1. The molecule has 0 aliphatic heterocycles. The van der Waals surface area contributed by atoms with Crippen LogP contribution in [-0.2, 0) is 4.74 Å². The Morgan fingerprint density at radius 1 is 1.42 bits per heavy atom. The highest BCUT2D eigenvalue weighted by Gasteiger charge is 2.41. The van der Waals surface area contributed by atoms with Gasteiger partial charge in [0.1, 0.15) is 5.82 Å². The molecule has 1 fully saturated rings. The van der Waals surface area contributed by atoms with E-state index >= 15 is 0 Å². The Morgan fingerprint density at radius 3 is 2.84 bits per heavy atom. The predicted molar refractivity (Wildman–Crippen MR) is 72.4 cm³/mol. The van der Waals surface area contributed by atoms with Crippen LogP contribution in [-0.4, -0.2) is 18.8 Å². The van der Waals surface area contributed by atoms with Crippen molar-refractivity contribution < 1.29 is 9.13 Å². The van der Waals surface area contributed by atoms with Gasteiger partial charge in [0.25, 0.3) is 0 Å². The van der Waals surface area contributed by atoms with Gasteiger partial charge in [0.05, 0.1) is 12.2 Å². The Bertz CT molecular complexity index is 477. The highest BCUT2D eigenvalue weighted by Crippen LogP contribution is 2.33. The molecule has 0 bridgehead atoms. The zero-order valence-corrected chi connectivity index (χ0v) is 11.4. The summed E-state index contributed by atoms with van der Waals surface area (Å²) >= 11 is 0. The van der Waals surface area contributed by atoms with Crippen molar-refractivity contribution in [3.8, 4) is 6.07 Å². The fourth-order valence-corrected chi connectivity index (χ4v) is 2.82. The Kier molecular flexibility index (Phi) is 4.06. The molecular weight excluding hydrogens is 243 g/mol. The van der Waals surface area contributed by atoms with Crippen LogP contribution in [0.25, 0.3) is 0 Å². The lowest BCUT2D eigenvalue weighted by Gasteiger charge is -2.39. The molecule has 2 unspecified atom stereocenters. The number of rotatable bonds is 3. The zero-order chi connectivity index (χ0) is 13.9. The van der Waals surface area contributed by atoms with Gasteiger partial charge in [-0.1, -0.05) is 6.42 Å². The molecule has 0 spiro atoms. The Labute approximate surface area is 113 Å². The van der Waals surface area contributed by atoms with Gasteiger partial charge in [-0.05, 0) is 49.9 Å². The third kappa shape index (κ3) is 2.87. The van der Waals surface area contributed by atoms with E-state index in [0.717, 1.165) is 31.2 Å². The van der Waals surface area contributed by atoms with Gasteiger partial charge >= 0.3 is 0 Å². The standard InChI is InChI=1S/C15H19FN2O/c1-11-7-12(16)9-13(8-11)18-15(10-17)6-4-3-5-14(15)19-2/h7-9,14,18H,3-6H2,1-2H3. The fraction of sp³-hybridized carbons (Fsp3) is 0.533. The third-order valence-corrected chi connectivity index (χ3v) is 3.73. The summed E-state index contributed by atoms with van der Waals surface area (Å²) in [6, 6.07) is 7.09. The number of nitrogens with one attached hydrogen (secondary N) is 1. The molecule has 1 aliphatic carbocycles. The van der Waals surface area contributed by atoms with Crippen molar-refractivity contribution >= 4 is 5.69 Å². The van der Waals surface area contributed by atoms with E-state index < -0.39 is 5.54 Å². The number of nitrogens with zero attached hydrogens (tertiary/aromatic N) is 1. The molecule has 2 atom stereocenters. The van der Waals surface area contributed by atoms with Crippen molar-refractivity contribution in [3.05, 3.63) is 29.6 Å². The second-order valence-corrected chi connectivity index (χ2v) is 5.20. The van der Waals surface area contributed by atoms with Crippen LogP contribution in [0.1, 0.15) is 31.2 Å². The number of halogens is 1. The minimum absolute atomic E-state index is 0.158. The van der Waals surface area contributed by atoms with E-state index in [0.29, 0.717) is 5.69 Å². The van der Waals surface area contributed by atoms with Gasteiger partial charge in [-0.25, -0.2) is 4.39 Å². The average molecular weight is 262 g/mol. The summed E-state index contributed by atoms with van der Waals surface area (Å²) in [6.07, 6.45) is 3.46. The molecule has 1 N–H and O–H groups in total. The molecule has 2 rings (SSSR count). The van der Waals surface area contributed by atoms with Crippen molar-refractivity contribution in [1.29, 1.82) is 5.26 Å².